The Morgan fingerprint density at radius 1 is 1.08 bits per heavy atom. The molecule has 1 aromatic carbocycles. The Morgan fingerprint density at radius 2 is 1.86 bits per heavy atom. The van der Waals surface area contributed by atoms with E-state index in [9.17, 15) is 4.39 Å². The molecule has 1 saturated heterocycles. The summed E-state index contributed by atoms with van der Waals surface area (Å²) >= 11 is 4.89. The second-order valence-electron chi connectivity index (χ2n) is 9.61. The minimum atomic E-state index is -0.257. The first-order valence-electron chi connectivity index (χ1n) is 12.0. The van der Waals surface area contributed by atoms with Crippen LogP contribution in [0.15, 0.2) is 34.4 Å². The lowest BCUT2D eigenvalue weighted by Crippen LogP contribution is -2.39. The fourth-order valence-electron chi connectivity index (χ4n) is 4.77. The molecule has 2 aliphatic heterocycles. The number of fused-ring (bicyclic) bond motifs is 5. The van der Waals surface area contributed by atoms with E-state index < -0.39 is 0 Å². The van der Waals surface area contributed by atoms with E-state index in [0.29, 0.717) is 25.6 Å². The van der Waals surface area contributed by atoms with Gasteiger partial charge in [0.05, 0.1) is 35.6 Å². The molecule has 6 rings (SSSR count). The van der Waals surface area contributed by atoms with E-state index in [-0.39, 0.29) is 11.4 Å². The van der Waals surface area contributed by atoms with E-state index in [1.807, 2.05) is 18.4 Å². The summed E-state index contributed by atoms with van der Waals surface area (Å²) in [5, 5.41) is 2.84. The van der Waals surface area contributed by atoms with Crippen molar-refractivity contribution in [1.82, 2.24) is 15.0 Å². The number of thioether (sulfide) groups is 2. The first kappa shape index (κ1) is 24.4. The fraction of sp³-hybridized carbons (Fsp3) is 0.423. The molecule has 4 aromatic rings. The maximum Gasteiger partial charge on any atom is 0.189 e. The lowest BCUT2D eigenvalue weighted by atomic mass is 9.90. The van der Waals surface area contributed by atoms with Gasteiger partial charge >= 0.3 is 0 Å². The van der Waals surface area contributed by atoms with Crippen LogP contribution in [0.3, 0.4) is 0 Å². The second-order valence-corrected chi connectivity index (χ2v) is 12.3. The van der Waals surface area contributed by atoms with Crippen LogP contribution in [0, 0.1) is 5.82 Å². The first-order chi connectivity index (χ1) is 17.4. The number of nitrogens with zero attached hydrogens (tertiary/aromatic N) is 4. The lowest BCUT2D eigenvalue weighted by molar-refractivity contribution is -0.0396. The number of hydrogen-bond donors (Lipinski definition) is 0. The number of morpholine rings is 1. The number of aromatic nitrogens is 3. The van der Waals surface area contributed by atoms with Gasteiger partial charge in [0.2, 0.25) is 0 Å². The van der Waals surface area contributed by atoms with Crippen molar-refractivity contribution < 1.29 is 13.9 Å². The van der Waals surface area contributed by atoms with Crippen LogP contribution >= 0.6 is 34.9 Å². The number of hydrogen-bond acceptors (Lipinski definition) is 9. The van der Waals surface area contributed by atoms with E-state index in [1.54, 1.807) is 34.9 Å². The van der Waals surface area contributed by atoms with Crippen LogP contribution in [0.2, 0.25) is 0 Å². The van der Waals surface area contributed by atoms with Crippen LogP contribution in [0.4, 0.5) is 10.2 Å². The van der Waals surface area contributed by atoms with Crippen LogP contribution in [-0.4, -0.2) is 53.1 Å². The van der Waals surface area contributed by atoms with Gasteiger partial charge in [-0.25, -0.2) is 19.3 Å². The molecule has 2 aliphatic rings. The summed E-state index contributed by atoms with van der Waals surface area (Å²) in [5.74, 6) is 1.50. The Labute approximate surface area is 222 Å². The zero-order valence-electron chi connectivity index (χ0n) is 20.5. The highest BCUT2D eigenvalue weighted by Crippen LogP contribution is 2.45. The summed E-state index contributed by atoms with van der Waals surface area (Å²) < 4.78 is 26.3. The van der Waals surface area contributed by atoms with Gasteiger partial charge in [-0.15, -0.1) is 23.1 Å². The second kappa shape index (κ2) is 9.72. The van der Waals surface area contributed by atoms with Gasteiger partial charge in [0, 0.05) is 36.2 Å². The monoisotopic (exact) mass is 542 g/mol. The number of benzene rings is 1. The number of anilines is 1. The molecule has 0 unspecified atom stereocenters. The Morgan fingerprint density at radius 3 is 2.61 bits per heavy atom. The molecule has 6 nitrogen and oxygen atoms in total. The van der Waals surface area contributed by atoms with Gasteiger partial charge in [-0.05, 0) is 43.4 Å². The standard InChI is InChI=1S/C26H27FN4O2S3/c1-26(2)12-17-18(13-33-26)22(31-8-10-32-11-9-31)29-23-19(17)20-21(36-23)24(30-25(28-20)34-3)35-14-15-4-6-16(27)7-5-15/h4-7H,8-14H2,1-3H3. The summed E-state index contributed by atoms with van der Waals surface area (Å²) in [4.78, 5) is 18.4. The third-order valence-electron chi connectivity index (χ3n) is 6.60. The SMILES string of the molecule is CSc1nc(SCc2ccc(F)cc2)c2sc3nc(N4CCOCC4)c4c(c3c2n1)CC(C)(C)OC4. The van der Waals surface area contributed by atoms with Gasteiger partial charge in [-0.1, -0.05) is 23.9 Å². The van der Waals surface area contributed by atoms with Crippen molar-refractivity contribution in [2.75, 3.05) is 37.5 Å². The molecule has 0 aliphatic carbocycles. The molecule has 0 atom stereocenters. The lowest BCUT2D eigenvalue weighted by Gasteiger charge is -2.36. The third kappa shape index (κ3) is 4.58. The number of rotatable bonds is 5. The molecule has 0 spiro atoms. The maximum atomic E-state index is 13.4. The highest BCUT2D eigenvalue weighted by Gasteiger charge is 2.33. The molecule has 188 valence electrons. The normalized spacial score (nSPS) is 17.6. The summed E-state index contributed by atoms with van der Waals surface area (Å²) in [7, 11) is 0. The first-order valence-corrected chi connectivity index (χ1v) is 15.0. The molecule has 0 N–H and O–H groups in total. The predicted octanol–water partition coefficient (Wildman–Crippen LogP) is 6.08. The molecular weight excluding hydrogens is 516 g/mol. The Balaban J connectivity index is 1.52. The topological polar surface area (TPSA) is 60.4 Å². The molecule has 10 heteroatoms. The summed E-state index contributed by atoms with van der Waals surface area (Å²) in [6.45, 7) is 7.92. The molecule has 36 heavy (non-hydrogen) atoms. The molecule has 0 amide bonds. The summed E-state index contributed by atoms with van der Waals surface area (Å²) in [6, 6.07) is 6.67. The minimum Gasteiger partial charge on any atom is -0.378 e. The maximum absolute atomic E-state index is 13.4. The van der Waals surface area contributed by atoms with Crippen LogP contribution in [0.5, 0.6) is 0 Å². The van der Waals surface area contributed by atoms with E-state index in [0.717, 1.165) is 61.5 Å². The van der Waals surface area contributed by atoms with E-state index in [2.05, 4.69) is 18.7 Å². The van der Waals surface area contributed by atoms with Crippen molar-refractivity contribution in [3.05, 3.63) is 46.8 Å². The summed E-state index contributed by atoms with van der Waals surface area (Å²) in [6.07, 6.45) is 2.81. The molecule has 0 saturated carbocycles. The number of ether oxygens (including phenoxy) is 2. The van der Waals surface area contributed by atoms with Gasteiger partial charge in [0.15, 0.2) is 5.16 Å². The zero-order valence-corrected chi connectivity index (χ0v) is 22.9. The fourth-order valence-corrected chi connectivity index (χ4v) is 7.39. The highest BCUT2D eigenvalue weighted by atomic mass is 32.2. The predicted molar refractivity (Wildman–Crippen MR) is 146 cm³/mol. The molecule has 5 heterocycles. The van der Waals surface area contributed by atoms with Crippen LogP contribution in [0.1, 0.15) is 30.5 Å². The van der Waals surface area contributed by atoms with Gasteiger partial charge < -0.3 is 14.4 Å². The quantitative estimate of drug-likeness (QED) is 0.171. The van der Waals surface area contributed by atoms with Crippen LogP contribution < -0.4 is 4.90 Å². The van der Waals surface area contributed by atoms with Crippen molar-refractivity contribution in [3.8, 4) is 0 Å². The van der Waals surface area contributed by atoms with E-state index in [4.69, 9.17) is 24.4 Å². The minimum absolute atomic E-state index is 0.221. The zero-order chi connectivity index (χ0) is 24.9. The van der Waals surface area contributed by atoms with Crippen molar-refractivity contribution in [3.63, 3.8) is 0 Å². The van der Waals surface area contributed by atoms with Crippen molar-refractivity contribution in [1.29, 1.82) is 0 Å². The van der Waals surface area contributed by atoms with E-state index in [1.165, 1.54) is 23.3 Å². The Hall–Kier alpha value is -1.98. The van der Waals surface area contributed by atoms with Crippen molar-refractivity contribution in [2.45, 2.75) is 48.4 Å². The highest BCUT2D eigenvalue weighted by molar-refractivity contribution is 7.99. The average Bonchev–Trinajstić information content (AvgIpc) is 3.26. The van der Waals surface area contributed by atoms with Crippen LogP contribution in [-0.2, 0) is 28.3 Å². The smallest absolute Gasteiger partial charge is 0.189 e. The van der Waals surface area contributed by atoms with Gasteiger partial charge in [-0.3, -0.25) is 0 Å². The molecule has 1 fully saturated rings. The van der Waals surface area contributed by atoms with Crippen LogP contribution in [0.25, 0.3) is 20.4 Å². The molecule has 3 aromatic heterocycles. The van der Waals surface area contributed by atoms with Gasteiger partial charge in [0.25, 0.3) is 0 Å². The number of thiophene rings is 1. The number of halogens is 1. The van der Waals surface area contributed by atoms with Gasteiger partial charge in [-0.2, -0.15) is 0 Å². The van der Waals surface area contributed by atoms with Crippen molar-refractivity contribution >= 4 is 61.1 Å². The van der Waals surface area contributed by atoms with E-state index >= 15 is 0 Å². The summed E-state index contributed by atoms with van der Waals surface area (Å²) in [5.41, 5.74) is 4.25. The van der Waals surface area contributed by atoms with Crippen molar-refractivity contribution in [2.24, 2.45) is 0 Å². The largest absolute Gasteiger partial charge is 0.378 e. The Kier molecular flexibility index (Phi) is 6.58. The third-order valence-corrected chi connectivity index (χ3v) is 9.40. The average molecular weight is 543 g/mol. The molecule has 0 radical (unpaired) electrons. The van der Waals surface area contributed by atoms with Gasteiger partial charge in [0.1, 0.15) is 21.5 Å². The molecule has 0 bridgehead atoms. The Bertz CT molecular complexity index is 1440. The number of pyridine rings is 1. The molecular formula is C26H27FN4O2S3.